The Kier molecular flexibility index (Phi) is 5.62. The maximum absolute atomic E-state index is 11.8. The molecular formula is C13H20OS. The van der Waals surface area contributed by atoms with Crippen LogP contribution in [0.5, 0.6) is 0 Å². The van der Waals surface area contributed by atoms with Crippen molar-refractivity contribution in [1.82, 2.24) is 0 Å². The van der Waals surface area contributed by atoms with Crippen molar-refractivity contribution in [2.75, 3.05) is 0 Å². The topological polar surface area (TPSA) is 17.1 Å². The Hall–Kier alpha value is -0.630. The Balaban J connectivity index is 2.22. The van der Waals surface area contributed by atoms with E-state index in [1.54, 1.807) is 11.3 Å². The monoisotopic (exact) mass is 224 g/mol. The summed E-state index contributed by atoms with van der Waals surface area (Å²) in [6.45, 7) is 4.22. The quantitative estimate of drug-likeness (QED) is 0.488. The number of carbonyl (C=O) groups excluding carboxylic acids is 1. The Morgan fingerprint density at radius 3 is 2.60 bits per heavy atom. The van der Waals surface area contributed by atoms with E-state index in [1.807, 2.05) is 18.4 Å². The molecule has 0 saturated heterocycles. The van der Waals surface area contributed by atoms with Crippen LogP contribution in [0.3, 0.4) is 0 Å². The van der Waals surface area contributed by atoms with Crippen LogP contribution in [-0.4, -0.2) is 5.78 Å². The molecule has 84 valence electrons. The molecule has 0 N–H and O–H groups in total. The van der Waals surface area contributed by atoms with E-state index in [4.69, 9.17) is 0 Å². The van der Waals surface area contributed by atoms with Gasteiger partial charge in [-0.2, -0.15) is 0 Å². The van der Waals surface area contributed by atoms with Crippen molar-refractivity contribution < 1.29 is 4.79 Å². The normalized spacial score (nSPS) is 10.5. The summed E-state index contributed by atoms with van der Waals surface area (Å²) < 4.78 is 0. The summed E-state index contributed by atoms with van der Waals surface area (Å²) in [5, 5.41) is 2.00. The summed E-state index contributed by atoms with van der Waals surface area (Å²) >= 11 is 1.58. The zero-order valence-corrected chi connectivity index (χ0v) is 10.5. The van der Waals surface area contributed by atoms with Gasteiger partial charge in [0.25, 0.3) is 0 Å². The molecule has 1 aromatic heterocycles. The van der Waals surface area contributed by atoms with Gasteiger partial charge in [0.15, 0.2) is 5.78 Å². The molecule has 15 heavy (non-hydrogen) atoms. The van der Waals surface area contributed by atoms with E-state index in [2.05, 4.69) is 6.92 Å². The molecule has 0 aliphatic carbocycles. The number of thiophene rings is 1. The van der Waals surface area contributed by atoms with Gasteiger partial charge in [-0.05, 0) is 30.4 Å². The first kappa shape index (κ1) is 12.4. The van der Waals surface area contributed by atoms with Crippen molar-refractivity contribution in [3.05, 3.63) is 21.9 Å². The zero-order valence-electron chi connectivity index (χ0n) is 9.71. The average Bonchev–Trinajstić information content (AvgIpc) is 2.64. The summed E-state index contributed by atoms with van der Waals surface area (Å²) in [5.41, 5.74) is 1.14. The second-order valence-corrected chi connectivity index (χ2v) is 4.94. The third-order valence-corrected chi connectivity index (χ3v) is 3.68. The molecule has 0 fully saturated rings. The molecular weight excluding hydrogens is 204 g/mol. The number of Topliss-reactive ketones (excluding diaryl/α,β-unsaturated/α-hetero) is 1. The molecule has 0 atom stereocenters. The van der Waals surface area contributed by atoms with Crippen LogP contribution in [0.2, 0.25) is 0 Å². The van der Waals surface area contributed by atoms with E-state index in [9.17, 15) is 4.79 Å². The lowest BCUT2D eigenvalue weighted by Crippen LogP contribution is -1.97. The number of hydrogen-bond donors (Lipinski definition) is 0. The number of rotatable bonds is 7. The van der Waals surface area contributed by atoms with Crippen molar-refractivity contribution in [3.8, 4) is 0 Å². The molecule has 2 heteroatoms. The Morgan fingerprint density at radius 1 is 1.27 bits per heavy atom. The van der Waals surface area contributed by atoms with E-state index < -0.39 is 0 Å². The third kappa shape index (κ3) is 4.17. The van der Waals surface area contributed by atoms with Gasteiger partial charge in [0.05, 0.1) is 4.88 Å². The number of aryl methyl sites for hydroxylation is 1. The van der Waals surface area contributed by atoms with E-state index in [0.29, 0.717) is 5.78 Å². The van der Waals surface area contributed by atoms with Crippen molar-refractivity contribution in [2.24, 2.45) is 0 Å². The Bertz CT molecular complexity index is 301. The first-order valence-corrected chi connectivity index (χ1v) is 6.71. The van der Waals surface area contributed by atoms with Gasteiger partial charge >= 0.3 is 0 Å². The highest BCUT2D eigenvalue weighted by atomic mass is 32.1. The molecule has 1 heterocycles. The molecule has 0 spiro atoms. The van der Waals surface area contributed by atoms with Gasteiger partial charge in [-0.1, -0.05) is 32.6 Å². The average molecular weight is 224 g/mol. The van der Waals surface area contributed by atoms with Crippen LogP contribution in [0.1, 0.15) is 60.7 Å². The van der Waals surface area contributed by atoms with Crippen molar-refractivity contribution >= 4 is 17.1 Å². The van der Waals surface area contributed by atoms with Gasteiger partial charge in [-0.25, -0.2) is 0 Å². The molecule has 0 amide bonds. The highest BCUT2D eigenvalue weighted by Gasteiger charge is 2.09. The van der Waals surface area contributed by atoms with Crippen LogP contribution in [0.25, 0.3) is 0 Å². The first-order chi connectivity index (χ1) is 7.25. The number of ketones is 1. The van der Waals surface area contributed by atoms with Crippen LogP contribution in [0.4, 0.5) is 0 Å². The summed E-state index contributed by atoms with van der Waals surface area (Å²) in [4.78, 5) is 12.7. The van der Waals surface area contributed by atoms with Crippen LogP contribution >= 0.6 is 11.3 Å². The molecule has 0 aliphatic rings. The second-order valence-electron chi connectivity index (χ2n) is 4.02. The van der Waals surface area contributed by atoms with Crippen LogP contribution in [0, 0.1) is 6.92 Å². The molecule has 0 saturated carbocycles. The van der Waals surface area contributed by atoms with E-state index in [0.717, 1.165) is 23.3 Å². The van der Waals surface area contributed by atoms with Crippen LogP contribution in [-0.2, 0) is 0 Å². The summed E-state index contributed by atoms with van der Waals surface area (Å²) in [6.07, 6.45) is 6.81. The minimum atomic E-state index is 0.332. The lowest BCUT2D eigenvalue weighted by atomic mass is 10.1. The largest absolute Gasteiger partial charge is 0.293 e. The van der Waals surface area contributed by atoms with Crippen molar-refractivity contribution in [3.63, 3.8) is 0 Å². The van der Waals surface area contributed by atoms with Crippen molar-refractivity contribution in [1.29, 1.82) is 0 Å². The molecule has 0 bridgehead atoms. The predicted octanol–water partition coefficient (Wildman–Crippen LogP) is 4.60. The first-order valence-electron chi connectivity index (χ1n) is 5.83. The molecule has 1 rings (SSSR count). The zero-order chi connectivity index (χ0) is 11.1. The molecule has 1 aromatic rings. The molecule has 0 aromatic carbocycles. The summed E-state index contributed by atoms with van der Waals surface area (Å²) in [5.74, 6) is 0.332. The Labute approximate surface area is 96.5 Å². The fraction of sp³-hybridized carbons (Fsp3) is 0.615. The summed E-state index contributed by atoms with van der Waals surface area (Å²) in [7, 11) is 0. The standard InChI is InChI=1S/C13H20OS/c1-3-4-5-6-7-8-12(14)13-11(2)9-10-15-13/h9-10H,3-8H2,1-2H3. The fourth-order valence-electron chi connectivity index (χ4n) is 1.66. The maximum Gasteiger partial charge on any atom is 0.173 e. The lowest BCUT2D eigenvalue weighted by molar-refractivity contribution is 0.0982. The van der Waals surface area contributed by atoms with Gasteiger partial charge in [-0.3, -0.25) is 4.79 Å². The van der Waals surface area contributed by atoms with Gasteiger partial charge in [0.1, 0.15) is 0 Å². The number of hydrogen-bond acceptors (Lipinski definition) is 2. The van der Waals surface area contributed by atoms with Crippen LogP contribution < -0.4 is 0 Å². The van der Waals surface area contributed by atoms with Crippen molar-refractivity contribution in [2.45, 2.75) is 52.4 Å². The van der Waals surface area contributed by atoms with Gasteiger partial charge in [0, 0.05) is 6.42 Å². The molecule has 0 aliphatic heterocycles. The highest BCUT2D eigenvalue weighted by Crippen LogP contribution is 2.19. The maximum atomic E-state index is 11.8. The minimum Gasteiger partial charge on any atom is -0.293 e. The predicted molar refractivity (Wildman–Crippen MR) is 66.8 cm³/mol. The highest BCUT2D eigenvalue weighted by molar-refractivity contribution is 7.12. The second kappa shape index (κ2) is 6.78. The van der Waals surface area contributed by atoms with Crippen LogP contribution in [0.15, 0.2) is 11.4 Å². The Morgan fingerprint density at radius 2 is 2.00 bits per heavy atom. The SMILES string of the molecule is CCCCCCCC(=O)c1sccc1C. The van der Waals surface area contributed by atoms with E-state index in [-0.39, 0.29) is 0 Å². The number of unbranched alkanes of at least 4 members (excludes halogenated alkanes) is 4. The van der Waals surface area contributed by atoms with E-state index in [1.165, 1.54) is 25.7 Å². The fourth-order valence-corrected chi connectivity index (χ4v) is 2.56. The number of carbonyl (C=O) groups is 1. The van der Waals surface area contributed by atoms with Gasteiger partial charge in [-0.15, -0.1) is 11.3 Å². The van der Waals surface area contributed by atoms with Gasteiger partial charge < -0.3 is 0 Å². The summed E-state index contributed by atoms with van der Waals surface area (Å²) in [6, 6.07) is 2.02. The molecule has 0 unspecified atom stereocenters. The lowest BCUT2D eigenvalue weighted by Gasteiger charge is -2.00. The third-order valence-electron chi connectivity index (χ3n) is 2.62. The minimum absolute atomic E-state index is 0.332. The molecule has 1 nitrogen and oxygen atoms in total. The van der Waals surface area contributed by atoms with Gasteiger partial charge in [0.2, 0.25) is 0 Å². The molecule has 0 radical (unpaired) electrons. The van der Waals surface area contributed by atoms with E-state index >= 15 is 0 Å². The smallest absolute Gasteiger partial charge is 0.173 e.